The van der Waals surface area contributed by atoms with Crippen LogP contribution in [0.15, 0.2) is 66.7 Å². The predicted molar refractivity (Wildman–Crippen MR) is 141 cm³/mol. The minimum atomic E-state index is -1.11. The molecule has 3 atom stereocenters. The summed E-state index contributed by atoms with van der Waals surface area (Å²) < 4.78 is 30.0. The maximum atomic E-state index is 15.1. The van der Waals surface area contributed by atoms with Gasteiger partial charge in [-0.05, 0) is 77.4 Å². The Morgan fingerprint density at radius 2 is 1.69 bits per heavy atom. The van der Waals surface area contributed by atoms with Gasteiger partial charge in [0.2, 0.25) is 5.82 Å². The van der Waals surface area contributed by atoms with E-state index in [1.807, 2.05) is 30.3 Å². The molecule has 196 valence electrons. The monoisotopic (exact) mass is 523 g/mol. The van der Waals surface area contributed by atoms with Crippen LogP contribution in [0.1, 0.15) is 40.8 Å². The van der Waals surface area contributed by atoms with Crippen molar-refractivity contribution >= 4 is 0 Å². The molecule has 3 unspecified atom stereocenters. The lowest BCUT2D eigenvalue weighted by Gasteiger charge is -2.48. The van der Waals surface area contributed by atoms with Crippen LogP contribution in [0, 0.1) is 40.3 Å². The number of alkyl halides is 1. The van der Waals surface area contributed by atoms with E-state index in [0.29, 0.717) is 36.2 Å². The summed E-state index contributed by atoms with van der Waals surface area (Å²) in [6.07, 6.45) is -0.772. The number of benzene rings is 3. The summed E-state index contributed by atoms with van der Waals surface area (Å²) in [5.41, 5.74) is 4.00. The van der Waals surface area contributed by atoms with Crippen molar-refractivity contribution in [3.63, 3.8) is 0 Å². The highest BCUT2D eigenvalue weighted by Crippen LogP contribution is 2.40. The fourth-order valence-electron chi connectivity index (χ4n) is 5.49. The smallest absolute Gasteiger partial charge is 0.208 e. The van der Waals surface area contributed by atoms with Gasteiger partial charge in [-0.2, -0.15) is 15.3 Å². The molecule has 1 saturated heterocycles. The Kier molecular flexibility index (Phi) is 7.44. The minimum Gasteiger partial charge on any atom is -0.292 e. The van der Waals surface area contributed by atoms with E-state index in [1.165, 1.54) is 10.9 Å². The van der Waals surface area contributed by atoms with Crippen LogP contribution in [0.5, 0.6) is 0 Å². The molecule has 2 heterocycles. The number of likely N-dealkylation sites (tertiary alicyclic amines) is 1. The standard InChI is InChI=1S/C30H27F2N7/c1-19(31)26(14-23-6-4-8-27(32)28(23)30-35-37-38(2)36-30)25-17-39(18-25)29(22-11-9-20(15-33)10-12-22)24-7-3-5-21(13-24)16-34/h3-13,19,25-26,29H,14,17-18H2,1-2H3. The van der Waals surface area contributed by atoms with Gasteiger partial charge < -0.3 is 0 Å². The number of tetrazole rings is 1. The van der Waals surface area contributed by atoms with E-state index in [2.05, 4.69) is 32.4 Å². The molecule has 5 rings (SSSR count). The molecule has 1 aliphatic heterocycles. The number of aromatic nitrogens is 4. The molecule has 1 aliphatic rings. The Balaban J connectivity index is 1.41. The molecule has 1 fully saturated rings. The third kappa shape index (κ3) is 5.41. The zero-order valence-electron chi connectivity index (χ0n) is 21.7. The van der Waals surface area contributed by atoms with Gasteiger partial charge in [-0.1, -0.05) is 36.4 Å². The van der Waals surface area contributed by atoms with Crippen LogP contribution >= 0.6 is 0 Å². The van der Waals surface area contributed by atoms with Crippen LogP contribution in [0.25, 0.3) is 11.4 Å². The van der Waals surface area contributed by atoms with Crippen molar-refractivity contribution in [3.8, 4) is 23.5 Å². The Bertz CT molecular complexity index is 1540. The van der Waals surface area contributed by atoms with Gasteiger partial charge in [-0.25, -0.2) is 8.78 Å². The molecule has 7 nitrogen and oxygen atoms in total. The molecular formula is C30H27F2N7. The van der Waals surface area contributed by atoms with Crippen molar-refractivity contribution < 1.29 is 8.78 Å². The summed E-state index contributed by atoms with van der Waals surface area (Å²) >= 11 is 0. The molecule has 9 heteroatoms. The molecule has 0 aliphatic carbocycles. The van der Waals surface area contributed by atoms with Crippen molar-refractivity contribution in [1.29, 1.82) is 10.5 Å². The predicted octanol–water partition coefficient (Wildman–Crippen LogP) is 5.00. The summed E-state index contributed by atoms with van der Waals surface area (Å²) in [6, 6.07) is 23.9. The molecular weight excluding hydrogens is 496 g/mol. The highest BCUT2D eigenvalue weighted by atomic mass is 19.1. The van der Waals surface area contributed by atoms with Crippen molar-refractivity contribution in [1.82, 2.24) is 25.1 Å². The molecule has 4 aromatic rings. The second-order valence-corrected chi connectivity index (χ2v) is 10.0. The topological polar surface area (TPSA) is 94.4 Å². The first-order valence-corrected chi connectivity index (χ1v) is 12.8. The molecule has 0 radical (unpaired) electrons. The van der Waals surface area contributed by atoms with Gasteiger partial charge in [0.25, 0.3) is 0 Å². The average Bonchev–Trinajstić information content (AvgIpc) is 3.35. The lowest BCUT2D eigenvalue weighted by Crippen LogP contribution is -2.53. The van der Waals surface area contributed by atoms with Crippen LogP contribution in [0.2, 0.25) is 0 Å². The van der Waals surface area contributed by atoms with Gasteiger partial charge in [0.05, 0.1) is 41.9 Å². The second-order valence-electron chi connectivity index (χ2n) is 10.0. The minimum absolute atomic E-state index is 0.0379. The molecule has 3 aromatic carbocycles. The molecule has 39 heavy (non-hydrogen) atoms. The fourth-order valence-corrected chi connectivity index (χ4v) is 5.49. The number of nitrogens with zero attached hydrogens (tertiary/aromatic N) is 7. The molecule has 0 amide bonds. The van der Waals surface area contributed by atoms with Gasteiger partial charge in [0.15, 0.2) is 0 Å². The summed E-state index contributed by atoms with van der Waals surface area (Å²) in [7, 11) is 1.61. The highest BCUT2D eigenvalue weighted by Gasteiger charge is 2.40. The third-order valence-electron chi connectivity index (χ3n) is 7.47. The molecule has 1 aromatic heterocycles. The average molecular weight is 524 g/mol. The number of hydrogen-bond donors (Lipinski definition) is 0. The second kappa shape index (κ2) is 11.1. The number of nitriles is 2. The number of halogens is 2. The van der Waals surface area contributed by atoms with Crippen LogP contribution in [-0.2, 0) is 13.5 Å². The Hall–Kier alpha value is -4.47. The maximum absolute atomic E-state index is 15.1. The maximum Gasteiger partial charge on any atom is 0.208 e. The summed E-state index contributed by atoms with van der Waals surface area (Å²) in [6.45, 7) is 2.82. The quantitative estimate of drug-likeness (QED) is 0.323. The van der Waals surface area contributed by atoms with Gasteiger partial charge >= 0.3 is 0 Å². The first-order chi connectivity index (χ1) is 18.9. The zero-order chi connectivity index (χ0) is 27.5. The fraction of sp³-hybridized carbons (Fsp3) is 0.300. The molecule has 0 saturated carbocycles. The number of rotatable bonds is 8. The van der Waals surface area contributed by atoms with E-state index in [-0.39, 0.29) is 29.3 Å². The van der Waals surface area contributed by atoms with E-state index in [1.54, 1.807) is 44.3 Å². The Labute approximate surface area is 225 Å². The van der Waals surface area contributed by atoms with Crippen molar-refractivity contribution in [3.05, 3.63) is 100 Å². The van der Waals surface area contributed by atoms with Crippen LogP contribution in [0.4, 0.5) is 8.78 Å². The van der Waals surface area contributed by atoms with E-state index < -0.39 is 12.0 Å². The zero-order valence-corrected chi connectivity index (χ0v) is 21.7. The van der Waals surface area contributed by atoms with Crippen molar-refractivity contribution in [2.45, 2.75) is 25.6 Å². The number of aryl methyl sites for hydroxylation is 1. The largest absolute Gasteiger partial charge is 0.292 e. The van der Waals surface area contributed by atoms with Crippen molar-refractivity contribution in [2.75, 3.05) is 13.1 Å². The van der Waals surface area contributed by atoms with E-state index in [0.717, 1.165) is 11.1 Å². The van der Waals surface area contributed by atoms with Gasteiger partial charge in [-0.3, -0.25) is 4.90 Å². The van der Waals surface area contributed by atoms with Crippen LogP contribution in [-0.4, -0.2) is 44.4 Å². The first-order valence-electron chi connectivity index (χ1n) is 12.8. The summed E-state index contributed by atoms with van der Waals surface area (Å²) in [4.78, 5) is 3.53. The third-order valence-corrected chi connectivity index (χ3v) is 7.47. The Morgan fingerprint density at radius 3 is 2.33 bits per heavy atom. The first kappa shape index (κ1) is 26.1. The highest BCUT2D eigenvalue weighted by molar-refractivity contribution is 5.60. The summed E-state index contributed by atoms with van der Waals surface area (Å²) in [5.74, 6) is -0.579. The lowest BCUT2D eigenvalue weighted by atomic mass is 9.77. The van der Waals surface area contributed by atoms with Crippen LogP contribution in [0.3, 0.4) is 0 Å². The van der Waals surface area contributed by atoms with E-state index in [9.17, 15) is 14.9 Å². The normalized spacial score (nSPS) is 16.1. The van der Waals surface area contributed by atoms with Crippen molar-refractivity contribution in [2.24, 2.45) is 18.9 Å². The van der Waals surface area contributed by atoms with Gasteiger partial charge in [-0.15, -0.1) is 10.2 Å². The lowest BCUT2D eigenvalue weighted by molar-refractivity contribution is 0.00716. The SMILES string of the molecule is CC(F)C(Cc1cccc(F)c1-c1nnn(C)n1)C1CN(C(c2ccc(C#N)cc2)c2cccc(C#N)c2)C1. The molecule has 0 bridgehead atoms. The summed E-state index contributed by atoms with van der Waals surface area (Å²) in [5, 5.41) is 30.7. The number of hydrogen-bond acceptors (Lipinski definition) is 6. The van der Waals surface area contributed by atoms with Gasteiger partial charge in [0.1, 0.15) is 12.0 Å². The van der Waals surface area contributed by atoms with E-state index in [4.69, 9.17) is 0 Å². The van der Waals surface area contributed by atoms with E-state index >= 15 is 4.39 Å². The van der Waals surface area contributed by atoms with Crippen LogP contribution < -0.4 is 0 Å². The van der Waals surface area contributed by atoms with Gasteiger partial charge in [0, 0.05) is 13.1 Å². The molecule has 0 N–H and O–H groups in total. The Morgan fingerprint density at radius 1 is 0.974 bits per heavy atom. The molecule has 0 spiro atoms.